The van der Waals surface area contributed by atoms with Gasteiger partial charge in [0.15, 0.2) is 0 Å². The summed E-state index contributed by atoms with van der Waals surface area (Å²) in [4.78, 5) is 35.0. The molecule has 34 heavy (non-hydrogen) atoms. The Bertz CT molecular complexity index is 1030. The second-order valence-electron chi connectivity index (χ2n) is 9.88. The van der Waals surface area contributed by atoms with E-state index in [0.717, 1.165) is 11.1 Å². The standard InChI is InChI=1S/C27H31N3O4/c1-19-28-23-15-29(26(32)34-18-27(2)16-33-17-27)14-13-22(23)25(31)30(19)24(20-9-5-3-6-10-20)21-11-7-4-8-12-21/h3-12,22-24H,13-18H2,1-2H3. The van der Waals surface area contributed by atoms with Crippen LogP contribution in [0.1, 0.15) is 37.4 Å². The molecule has 0 N–H and O–H groups in total. The van der Waals surface area contributed by atoms with E-state index in [9.17, 15) is 9.59 Å². The molecular formula is C27H31N3O4. The van der Waals surface area contributed by atoms with Crippen LogP contribution in [0, 0.1) is 11.3 Å². The largest absolute Gasteiger partial charge is 0.449 e. The first-order chi connectivity index (χ1) is 16.5. The summed E-state index contributed by atoms with van der Waals surface area (Å²) < 4.78 is 10.8. The van der Waals surface area contributed by atoms with Gasteiger partial charge in [0.1, 0.15) is 12.4 Å². The maximum Gasteiger partial charge on any atom is 0.409 e. The molecule has 0 bridgehead atoms. The second kappa shape index (κ2) is 9.22. The van der Waals surface area contributed by atoms with Crippen molar-refractivity contribution in [3.63, 3.8) is 0 Å². The maximum absolute atomic E-state index is 13.8. The Labute approximate surface area is 200 Å². The predicted octanol–water partition coefficient (Wildman–Crippen LogP) is 3.90. The summed E-state index contributed by atoms with van der Waals surface area (Å²) in [6, 6.07) is 19.7. The van der Waals surface area contributed by atoms with Gasteiger partial charge in [-0.2, -0.15) is 0 Å². The molecule has 2 fully saturated rings. The Balaban J connectivity index is 1.36. The van der Waals surface area contributed by atoms with Gasteiger partial charge >= 0.3 is 6.09 Å². The summed E-state index contributed by atoms with van der Waals surface area (Å²) in [5, 5.41) is 0. The molecule has 0 aliphatic carbocycles. The van der Waals surface area contributed by atoms with E-state index in [1.165, 1.54) is 0 Å². The van der Waals surface area contributed by atoms with Crippen molar-refractivity contribution >= 4 is 17.8 Å². The third-order valence-corrected chi connectivity index (χ3v) is 7.03. The van der Waals surface area contributed by atoms with E-state index in [1.807, 2.05) is 55.1 Å². The van der Waals surface area contributed by atoms with Gasteiger partial charge < -0.3 is 14.4 Å². The molecule has 2 aromatic rings. The molecule has 7 nitrogen and oxygen atoms in total. The highest BCUT2D eigenvalue weighted by atomic mass is 16.6. The van der Waals surface area contributed by atoms with Gasteiger partial charge in [-0.15, -0.1) is 0 Å². The van der Waals surface area contributed by atoms with Crippen LogP contribution in [0.4, 0.5) is 4.79 Å². The molecule has 2 unspecified atom stereocenters. The number of rotatable bonds is 5. The summed E-state index contributed by atoms with van der Waals surface area (Å²) in [6.07, 6.45) is 0.239. The zero-order valence-electron chi connectivity index (χ0n) is 19.7. The molecular weight excluding hydrogens is 430 g/mol. The number of amidine groups is 1. The first kappa shape index (κ1) is 22.6. The number of piperidine rings is 1. The molecule has 2 saturated heterocycles. The Hall–Kier alpha value is -3.19. The van der Waals surface area contributed by atoms with Gasteiger partial charge in [-0.3, -0.25) is 14.7 Å². The minimum atomic E-state index is -0.333. The topological polar surface area (TPSA) is 71.4 Å². The number of fused-ring (bicyclic) bond motifs is 1. The number of carbonyl (C=O) groups is 2. The smallest absolute Gasteiger partial charge is 0.409 e. The fourth-order valence-corrected chi connectivity index (χ4v) is 5.09. The number of hydrogen-bond acceptors (Lipinski definition) is 5. The SMILES string of the molecule is CC1=NC2CN(C(=O)OCC3(C)COC3)CCC2C(=O)N1C(c1ccccc1)c1ccccc1. The van der Waals surface area contributed by atoms with Crippen molar-refractivity contribution in [2.24, 2.45) is 16.3 Å². The summed E-state index contributed by atoms with van der Waals surface area (Å²) in [7, 11) is 0. The highest BCUT2D eigenvalue weighted by molar-refractivity contribution is 6.01. The Morgan fingerprint density at radius 3 is 2.29 bits per heavy atom. The zero-order chi connectivity index (χ0) is 23.7. The quantitative estimate of drug-likeness (QED) is 0.677. The van der Waals surface area contributed by atoms with E-state index < -0.39 is 0 Å². The Kier molecular flexibility index (Phi) is 6.13. The fourth-order valence-electron chi connectivity index (χ4n) is 5.09. The monoisotopic (exact) mass is 461 g/mol. The predicted molar refractivity (Wildman–Crippen MR) is 128 cm³/mol. The van der Waals surface area contributed by atoms with E-state index in [-0.39, 0.29) is 35.4 Å². The summed E-state index contributed by atoms with van der Waals surface area (Å²) in [6.45, 7) is 6.40. The van der Waals surface area contributed by atoms with Gasteiger partial charge in [0, 0.05) is 18.5 Å². The van der Waals surface area contributed by atoms with Crippen LogP contribution in [0.25, 0.3) is 0 Å². The highest BCUT2D eigenvalue weighted by Crippen LogP contribution is 2.36. The van der Waals surface area contributed by atoms with Crippen LogP contribution >= 0.6 is 0 Å². The number of carbonyl (C=O) groups excluding carboxylic acids is 2. The van der Waals surface area contributed by atoms with Crippen LogP contribution < -0.4 is 0 Å². The number of ether oxygens (including phenoxy) is 2. The zero-order valence-corrected chi connectivity index (χ0v) is 19.7. The van der Waals surface area contributed by atoms with Crippen molar-refractivity contribution in [1.29, 1.82) is 0 Å². The van der Waals surface area contributed by atoms with Crippen LogP contribution in [0.2, 0.25) is 0 Å². The number of hydrogen-bond donors (Lipinski definition) is 0. The second-order valence-corrected chi connectivity index (χ2v) is 9.88. The third kappa shape index (κ3) is 4.32. The van der Waals surface area contributed by atoms with Crippen molar-refractivity contribution < 1.29 is 19.1 Å². The number of amides is 2. The normalized spacial score (nSPS) is 23.7. The van der Waals surface area contributed by atoms with Gasteiger partial charge in [-0.25, -0.2) is 4.79 Å². The Morgan fingerprint density at radius 1 is 1.12 bits per heavy atom. The minimum Gasteiger partial charge on any atom is -0.449 e. The van der Waals surface area contributed by atoms with Crippen molar-refractivity contribution in [3.05, 3.63) is 71.8 Å². The number of aliphatic imine (C=N–C) groups is 1. The maximum atomic E-state index is 13.8. The van der Waals surface area contributed by atoms with E-state index in [2.05, 4.69) is 24.3 Å². The van der Waals surface area contributed by atoms with Crippen LogP contribution in [0.5, 0.6) is 0 Å². The molecule has 7 heteroatoms. The summed E-state index contributed by atoms with van der Waals surface area (Å²) in [5.74, 6) is 0.501. The highest BCUT2D eigenvalue weighted by Gasteiger charge is 2.45. The van der Waals surface area contributed by atoms with Gasteiger partial charge in [0.05, 0.1) is 31.2 Å². The lowest BCUT2D eigenvalue weighted by molar-refractivity contribution is -0.137. The minimum absolute atomic E-state index is 0.0716. The van der Waals surface area contributed by atoms with Crippen molar-refractivity contribution in [1.82, 2.24) is 9.80 Å². The number of nitrogens with zero attached hydrogens (tertiary/aromatic N) is 3. The van der Waals surface area contributed by atoms with Gasteiger partial charge in [-0.05, 0) is 24.5 Å². The molecule has 3 aliphatic rings. The first-order valence-corrected chi connectivity index (χ1v) is 11.9. The number of benzene rings is 2. The lowest BCUT2D eigenvalue weighted by Crippen LogP contribution is -2.56. The van der Waals surface area contributed by atoms with E-state index in [4.69, 9.17) is 14.5 Å². The lowest BCUT2D eigenvalue weighted by atomic mass is 9.87. The molecule has 2 atom stereocenters. The number of likely N-dealkylation sites (tertiary alicyclic amines) is 1. The average Bonchev–Trinajstić information content (AvgIpc) is 2.84. The summed E-state index contributed by atoms with van der Waals surface area (Å²) in [5.41, 5.74) is 2.00. The molecule has 3 aliphatic heterocycles. The third-order valence-electron chi connectivity index (χ3n) is 7.03. The average molecular weight is 462 g/mol. The van der Waals surface area contributed by atoms with Crippen LogP contribution in [-0.2, 0) is 14.3 Å². The van der Waals surface area contributed by atoms with Gasteiger partial charge in [-0.1, -0.05) is 67.6 Å². The fraction of sp³-hybridized carbons (Fsp3) is 0.444. The van der Waals surface area contributed by atoms with E-state index in [1.54, 1.807) is 4.90 Å². The van der Waals surface area contributed by atoms with Crippen LogP contribution in [0.3, 0.4) is 0 Å². The molecule has 2 amide bonds. The summed E-state index contributed by atoms with van der Waals surface area (Å²) >= 11 is 0. The van der Waals surface area contributed by atoms with Crippen LogP contribution in [0.15, 0.2) is 65.7 Å². The molecule has 0 spiro atoms. The molecule has 2 aromatic carbocycles. The van der Waals surface area contributed by atoms with Crippen molar-refractivity contribution in [3.8, 4) is 0 Å². The van der Waals surface area contributed by atoms with Crippen molar-refractivity contribution in [2.75, 3.05) is 32.9 Å². The lowest BCUT2D eigenvalue weighted by Gasteiger charge is -2.44. The molecule has 178 valence electrons. The molecule has 0 saturated carbocycles. The molecule has 3 heterocycles. The van der Waals surface area contributed by atoms with Crippen molar-refractivity contribution in [2.45, 2.75) is 32.4 Å². The molecule has 5 rings (SSSR count). The Morgan fingerprint density at radius 2 is 1.74 bits per heavy atom. The molecule has 0 aromatic heterocycles. The first-order valence-electron chi connectivity index (χ1n) is 11.9. The van der Waals surface area contributed by atoms with Gasteiger partial charge in [0.25, 0.3) is 0 Å². The van der Waals surface area contributed by atoms with E-state index >= 15 is 0 Å². The van der Waals surface area contributed by atoms with E-state index in [0.29, 0.717) is 45.2 Å². The van der Waals surface area contributed by atoms with Crippen LogP contribution in [-0.4, -0.2) is 66.6 Å². The van der Waals surface area contributed by atoms with Gasteiger partial charge in [0.2, 0.25) is 5.91 Å². The molecule has 0 radical (unpaired) electrons.